The van der Waals surface area contributed by atoms with Gasteiger partial charge in [0.15, 0.2) is 5.76 Å². The van der Waals surface area contributed by atoms with Crippen molar-refractivity contribution in [2.75, 3.05) is 10.6 Å². The van der Waals surface area contributed by atoms with Crippen molar-refractivity contribution < 1.29 is 14.0 Å². The molecule has 25 heavy (non-hydrogen) atoms. The van der Waals surface area contributed by atoms with Crippen molar-refractivity contribution in [3.05, 3.63) is 83.3 Å². The monoisotopic (exact) mass is 334 g/mol. The predicted octanol–water partition coefficient (Wildman–Crippen LogP) is 4.40. The van der Waals surface area contributed by atoms with Crippen molar-refractivity contribution >= 4 is 23.2 Å². The van der Waals surface area contributed by atoms with Gasteiger partial charge in [-0.05, 0) is 55.8 Å². The lowest BCUT2D eigenvalue weighted by Crippen LogP contribution is -2.14. The maximum absolute atomic E-state index is 12.4. The summed E-state index contributed by atoms with van der Waals surface area (Å²) in [6.07, 6.45) is 1.44. The number of hydrogen-bond donors (Lipinski definition) is 2. The Labute approximate surface area is 145 Å². The first-order valence-corrected chi connectivity index (χ1v) is 7.86. The van der Waals surface area contributed by atoms with Gasteiger partial charge in [-0.25, -0.2) is 0 Å². The van der Waals surface area contributed by atoms with E-state index in [2.05, 4.69) is 10.6 Å². The number of nitrogens with one attached hydrogen (secondary N) is 2. The molecule has 2 N–H and O–H groups in total. The van der Waals surface area contributed by atoms with Gasteiger partial charge in [0, 0.05) is 16.9 Å². The average Bonchev–Trinajstić information content (AvgIpc) is 3.13. The van der Waals surface area contributed by atoms with E-state index in [1.807, 2.05) is 32.0 Å². The highest BCUT2D eigenvalue weighted by Gasteiger charge is 2.11. The zero-order valence-electron chi connectivity index (χ0n) is 14.0. The molecule has 5 heteroatoms. The molecule has 0 fully saturated rings. The highest BCUT2D eigenvalue weighted by molar-refractivity contribution is 6.06. The van der Waals surface area contributed by atoms with Gasteiger partial charge in [-0.3, -0.25) is 9.59 Å². The summed E-state index contributed by atoms with van der Waals surface area (Å²) in [6.45, 7) is 3.86. The molecule has 0 aliphatic rings. The Balaban J connectivity index is 1.76. The molecule has 0 atom stereocenters. The highest BCUT2D eigenvalue weighted by atomic mass is 16.3. The molecule has 1 aromatic heterocycles. The normalized spacial score (nSPS) is 10.3. The minimum atomic E-state index is -0.343. The third-order valence-corrected chi connectivity index (χ3v) is 3.80. The van der Waals surface area contributed by atoms with Crippen LogP contribution in [0.2, 0.25) is 0 Å². The van der Waals surface area contributed by atoms with E-state index in [0.29, 0.717) is 16.9 Å². The SMILES string of the molecule is Cc1ccc(C(=O)Nc2cc(NC(=O)c3ccco3)ccc2C)cc1. The van der Waals surface area contributed by atoms with Crippen LogP contribution in [0.3, 0.4) is 0 Å². The molecule has 126 valence electrons. The standard InChI is InChI=1S/C20H18N2O3/c1-13-5-8-15(9-6-13)19(23)22-17-12-16(10-7-14(17)2)21-20(24)18-4-3-11-25-18/h3-12H,1-2H3,(H,21,24)(H,22,23). The van der Waals surface area contributed by atoms with E-state index in [9.17, 15) is 9.59 Å². The molecule has 2 amide bonds. The summed E-state index contributed by atoms with van der Waals surface area (Å²) in [4.78, 5) is 24.4. The van der Waals surface area contributed by atoms with Crippen molar-refractivity contribution in [2.24, 2.45) is 0 Å². The molecule has 5 nitrogen and oxygen atoms in total. The van der Waals surface area contributed by atoms with Crippen LogP contribution >= 0.6 is 0 Å². The molecule has 0 aliphatic heterocycles. The van der Waals surface area contributed by atoms with Crippen LogP contribution in [0.5, 0.6) is 0 Å². The van der Waals surface area contributed by atoms with Gasteiger partial charge in [-0.2, -0.15) is 0 Å². The van der Waals surface area contributed by atoms with Gasteiger partial charge >= 0.3 is 0 Å². The summed E-state index contributed by atoms with van der Waals surface area (Å²) < 4.78 is 5.07. The largest absolute Gasteiger partial charge is 0.459 e. The zero-order valence-corrected chi connectivity index (χ0v) is 14.0. The van der Waals surface area contributed by atoms with E-state index in [0.717, 1.165) is 11.1 Å². The third-order valence-electron chi connectivity index (χ3n) is 3.80. The van der Waals surface area contributed by atoms with Gasteiger partial charge in [0.05, 0.1) is 6.26 Å². The van der Waals surface area contributed by atoms with Crippen molar-refractivity contribution in [1.29, 1.82) is 0 Å². The number of benzene rings is 2. The molecule has 0 aliphatic carbocycles. The number of hydrogen-bond acceptors (Lipinski definition) is 3. The minimum Gasteiger partial charge on any atom is -0.459 e. The lowest BCUT2D eigenvalue weighted by atomic mass is 10.1. The summed E-state index contributed by atoms with van der Waals surface area (Å²) >= 11 is 0. The summed E-state index contributed by atoms with van der Waals surface area (Å²) in [6, 6.07) is 15.9. The molecule has 3 rings (SSSR count). The predicted molar refractivity (Wildman–Crippen MR) is 97.0 cm³/mol. The van der Waals surface area contributed by atoms with Crippen molar-refractivity contribution in [1.82, 2.24) is 0 Å². The van der Waals surface area contributed by atoms with Crippen molar-refractivity contribution in [3.8, 4) is 0 Å². The van der Waals surface area contributed by atoms with E-state index < -0.39 is 0 Å². The van der Waals surface area contributed by atoms with Crippen LogP contribution in [0, 0.1) is 13.8 Å². The molecule has 0 bridgehead atoms. The van der Waals surface area contributed by atoms with E-state index in [1.165, 1.54) is 6.26 Å². The van der Waals surface area contributed by atoms with Gasteiger partial charge in [0.1, 0.15) is 0 Å². The van der Waals surface area contributed by atoms with Gasteiger partial charge in [-0.1, -0.05) is 23.8 Å². The molecular weight excluding hydrogens is 316 g/mol. The summed E-state index contributed by atoms with van der Waals surface area (Å²) in [7, 11) is 0. The Morgan fingerprint density at radius 3 is 2.32 bits per heavy atom. The van der Waals surface area contributed by atoms with Gasteiger partial charge in [0.2, 0.25) is 0 Å². The zero-order chi connectivity index (χ0) is 17.8. The number of rotatable bonds is 4. The number of aryl methyl sites for hydroxylation is 2. The lowest BCUT2D eigenvalue weighted by molar-refractivity contribution is 0.0995. The second-order valence-electron chi connectivity index (χ2n) is 5.78. The Hall–Kier alpha value is -3.34. The maximum Gasteiger partial charge on any atom is 0.291 e. The Morgan fingerprint density at radius 2 is 1.64 bits per heavy atom. The number of carbonyl (C=O) groups is 2. The fourth-order valence-electron chi connectivity index (χ4n) is 2.33. The van der Waals surface area contributed by atoms with Crippen LogP contribution < -0.4 is 10.6 Å². The highest BCUT2D eigenvalue weighted by Crippen LogP contribution is 2.22. The average molecular weight is 334 g/mol. The quantitative estimate of drug-likeness (QED) is 0.743. The first-order valence-electron chi connectivity index (χ1n) is 7.86. The lowest BCUT2D eigenvalue weighted by Gasteiger charge is -2.11. The van der Waals surface area contributed by atoms with Crippen LogP contribution in [0.15, 0.2) is 65.3 Å². The van der Waals surface area contributed by atoms with Crippen LogP contribution in [0.25, 0.3) is 0 Å². The fourth-order valence-corrected chi connectivity index (χ4v) is 2.33. The summed E-state index contributed by atoms with van der Waals surface area (Å²) in [5, 5.41) is 5.63. The fraction of sp³-hybridized carbons (Fsp3) is 0.100. The smallest absolute Gasteiger partial charge is 0.291 e. The van der Waals surface area contributed by atoms with E-state index in [1.54, 1.807) is 36.4 Å². The summed E-state index contributed by atoms with van der Waals surface area (Å²) in [5.74, 6) is -0.312. The molecule has 0 saturated carbocycles. The van der Waals surface area contributed by atoms with Crippen LogP contribution in [0.4, 0.5) is 11.4 Å². The Bertz CT molecular complexity index is 897. The molecule has 2 aromatic carbocycles. The number of furan rings is 1. The number of carbonyl (C=O) groups excluding carboxylic acids is 2. The van der Waals surface area contributed by atoms with Gasteiger partial charge < -0.3 is 15.1 Å². The molecular formula is C20H18N2O3. The first-order chi connectivity index (χ1) is 12.0. The minimum absolute atomic E-state index is 0.197. The number of anilines is 2. The van der Waals surface area contributed by atoms with Gasteiger partial charge in [0.25, 0.3) is 11.8 Å². The number of amides is 2. The first kappa shape index (κ1) is 16.5. The Morgan fingerprint density at radius 1 is 0.880 bits per heavy atom. The molecule has 0 spiro atoms. The van der Waals surface area contributed by atoms with E-state index in [4.69, 9.17) is 4.42 Å². The van der Waals surface area contributed by atoms with Gasteiger partial charge in [-0.15, -0.1) is 0 Å². The van der Waals surface area contributed by atoms with Crippen molar-refractivity contribution in [3.63, 3.8) is 0 Å². The third kappa shape index (κ3) is 3.95. The second kappa shape index (κ2) is 7.05. The van der Waals surface area contributed by atoms with E-state index >= 15 is 0 Å². The summed E-state index contributed by atoms with van der Waals surface area (Å²) in [5.41, 5.74) is 3.79. The van der Waals surface area contributed by atoms with Crippen LogP contribution in [-0.2, 0) is 0 Å². The molecule has 3 aromatic rings. The molecule has 0 saturated heterocycles. The van der Waals surface area contributed by atoms with Crippen LogP contribution in [-0.4, -0.2) is 11.8 Å². The topological polar surface area (TPSA) is 71.3 Å². The molecule has 0 unspecified atom stereocenters. The second-order valence-corrected chi connectivity index (χ2v) is 5.78. The maximum atomic E-state index is 12.4. The van der Waals surface area contributed by atoms with E-state index in [-0.39, 0.29) is 17.6 Å². The van der Waals surface area contributed by atoms with Crippen molar-refractivity contribution in [2.45, 2.75) is 13.8 Å². The molecule has 0 radical (unpaired) electrons. The Kier molecular flexibility index (Phi) is 4.66. The van der Waals surface area contributed by atoms with Crippen LogP contribution in [0.1, 0.15) is 32.0 Å². The molecule has 1 heterocycles.